The van der Waals surface area contributed by atoms with Crippen LogP contribution in [0.5, 0.6) is 0 Å². The molecule has 0 radical (unpaired) electrons. The third-order valence-corrected chi connectivity index (χ3v) is 1.26. The molecule has 0 unspecified atom stereocenters. The van der Waals surface area contributed by atoms with Crippen molar-refractivity contribution in [3.63, 3.8) is 0 Å². The molecule has 0 saturated heterocycles. The first-order chi connectivity index (χ1) is 4.45. The normalized spacial score (nSPS) is 13.8. The van der Waals surface area contributed by atoms with E-state index in [-0.39, 0.29) is 0 Å². The number of rotatable bonds is 0. The van der Waals surface area contributed by atoms with Crippen LogP contribution in [-0.4, -0.2) is 9.78 Å². The van der Waals surface area contributed by atoms with Gasteiger partial charge in [0.15, 0.2) is 0 Å². The summed E-state index contributed by atoms with van der Waals surface area (Å²) in [5, 5.41) is 4.04. The minimum atomic E-state index is 1.15. The molecule has 2 nitrogen and oxygen atoms in total. The summed E-state index contributed by atoms with van der Waals surface area (Å²) in [4.78, 5) is 0. The summed E-state index contributed by atoms with van der Waals surface area (Å²) in [6.45, 7) is 0. The summed E-state index contributed by atoms with van der Waals surface area (Å²) in [5.41, 5.74) is 1.15. The zero-order valence-corrected chi connectivity index (χ0v) is 4.86. The molecule has 2 heterocycles. The number of fused-ring (bicyclic) bond motifs is 2. The van der Waals surface area contributed by atoms with E-state index in [1.165, 1.54) is 0 Å². The Hall–Kier alpha value is -1.31. The summed E-state index contributed by atoms with van der Waals surface area (Å²) in [6.07, 6.45) is 11.7. The molecule has 2 bridgehead atoms. The first-order valence-corrected chi connectivity index (χ1v) is 2.84. The molecular formula is C7H6N2. The van der Waals surface area contributed by atoms with Gasteiger partial charge in [-0.2, -0.15) is 5.10 Å². The van der Waals surface area contributed by atoms with Crippen molar-refractivity contribution in [1.82, 2.24) is 9.78 Å². The van der Waals surface area contributed by atoms with E-state index in [9.17, 15) is 0 Å². The van der Waals surface area contributed by atoms with E-state index in [4.69, 9.17) is 0 Å². The topological polar surface area (TPSA) is 17.8 Å². The standard InChI is InChI=1S/C7H6N2/c1-2-4-9-6-7(3-1)5-8-9/h1-6H. The number of hydrogen-bond donors (Lipinski definition) is 0. The van der Waals surface area contributed by atoms with Gasteiger partial charge in [-0.25, -0.2) is 4.68 Å². The summed E-state index contributed by atoms with van der Waals surface area (Å²) in [6, 6.07) is 0. The van der Waals surface area contributed by atoms with Gasteiger partial charge in [-0.1, -0.05) is 12.2 Å². The largest absolute Gasteiger partial charge is 0.248 e. The Morgan fingerprint density at radius 1 is 1.33 bits per heavy atom. The average molecular weight is 118 g/mol. The molecule has 2 rings (SSSR count). The number of hydrogen-bond acceptors (Lipinski definition) is 1. The Morgan fingerprint density at radius 2 is 2.33 bits per heavy atom. The molecule has 1 aromatic heterocycles. The quantitative estimate of drug-likeness (QED) is 0.503. The lowest BCUT2D eigenvalue weighted by Crippen LogP contribution is -1.82. The Kier molecular flexibility index (Phi) is 0.803. The second kappa shape index (κ2) is 1.58. The fraction of sp³-hybridized carbons (Fsp3) is 0. The van der Waals surface area contributed by atoms with Crippen LogP contribution in [0.3, 0.4) is 0 Å². The molecule has 9 heavy (non-hydrogen) atoms. The molecule has 0 saturated carbocycles. The predicted octanol–water partition coefficient (Wildman–Crippen LogP) is 1.38. The summed E-state index contributed by atoms with van der Waals surface area (Å²) >= 11 is 0. The summed E-state index contributed by atoms with van der Waals surface area (Å²) in [5.74, 6) is 0. The smallest absolute Gasteiger partial charge is 0.0566 e. The third-order valence-electron chi connectivity index (χ3n) is 1.26. The number of nitrogens with zero attached hydrogens (tertiary/aromatic N) is 2. The van der Waals surface area contributed by atoms with Crippen LogP contribution in [0.15, 0.2) is 24.5 Å². The Labute approximate surface area is 53.1 Å². The molecule has 1 aliphatic rings. The van der Waals surface area contributed by atoms with Crippen molar-refractivity contribution >= 4 is 12.3 Å². The van der Waals surface area contributed by atoms with Gasteiger partial charge >= 0.3 is 0 Å². The second-order valence-corrected chi connectivity index (χ2v) is 1.95. The van der Waals surface area contributed by atoms with E-state index in [0.717, 1.165) is 5.56 Å². The fourth-order valence-corrected chi connectivity index (χ4v) is 0.825. The molecule has 0 N–H and O–H groups in total. The highest BCUT2D eigenvalue weighted by atomic mass is 15.2. The van der Waals surface area contributed by atoms with Gasteiger partial charge in [0.05, 0.1) is 6.20 Å². The molecule has 1 aliphatic heterocycles. The zero-order chi connectivity index (χ0) is 6.10. The Bertz CT molecular complexity index is 242. The van der Waals surface area contributed by atoms with E-state index in [2.05, 4.69) is 5.10 Å². The van der Waals surface area contributed by atoms with Gasteiger partial charge in [-0.05, 0) is 6.08 Å². The number of allylic oxidation sites excluding steroid dienone is 2. The van der Waals surface area contributed by atoms with Crippen LogP contribution in [-0.2, 0) is 0 Å². The molecule has 0 spiro atoms. The maximum atomic E-state index is 4.04. The Morgan fingerprint density at radius 3 is 3.33 bits per heavy atom. The highest BCUT2D eigenvalue weighted by Crippen LogP contribution is 2.04. The average Bonchev–Trinajstić information content (AvgIpc) is 2.09. The predicted molar refractivity (Wildman–Crippen MR) is 36.6 cm³/mol. The van der Waals surface area contributed by atoms with Gasteiger partial charge in [-0.15, -0.1) is 0 Å². The molecule has 44 valence electrons. The first-order valence-electron chi connectivity index (χ1n) is 2.84. The van der Waals surface area contributed by atoms with Gasteiger partial charge in [0.1, 0.15) is 0 Å². The van der Waals surface area contributed by atoms with Crippen LogP contribution >= 0.6 is 0 Å². The van der Waals surface area contributed by atoms with Crippen molar-refractivity contribution in [3.8, 4) is 0 Å². The van der Waals surface area contributed by atoms with E-state index in [0.29, 0.717) is 0 Å². The number of aromatic nitrogens is 2. The van der Waals surface area contributed by atoms with E-state index >= 15 is 0 Å². The molecule has 0 aromatic carbocycles. The molecule has 0 amide bonds. The summed E-state index contributed by atoms with van der Waals surface area (Å²) in [7, 11) is 0. The van der Waals surface area contributed by atoms with Crippen molar-refractivity contribution < 1.29 is 0 Å². The SMILES string of the molecule is C1=Cc2cnn(c2)C=C1. The van der Waals surface area contributed by atoms with Crippen LogP contribution in [0.4, 0.5) is 0 Å². The van der Waals surface area contributed by atoms with Gasteiger partial charge in [0.2, 0.25) is 0 Å². The van der Waals surface area contributed by atoms with E-state index in [1.807, 2.05) is 36.8 Å². The van der Waals surface area contributed by atoms with Gasteiger partial charge in [0.25, 0.3) is 0 Å². The molecule has 2 heteroatoms. The maximum Gasteiger partial charge on any atom is 0.0566 e. The summed E-state index contributed by atoms with van der Waals surface area (Å²) < 4.78 is 1.79. The highest BCUT2D eigenvalue weighted by Gasteiger charge is 1.91. The first kappa shape index (κ1) is 4.56. The van der Waals surface area contributed by atoms with Crippen LogP contribution < -0.4 is 0 Å². The fourth-order valence-electron chi connectivity index (χ4n) is 0.825. The van der Waals surface area contributed by atoms with Gasteiger partial charge in [0, 0.05) is 18.0 Å². The molecule has 1 aromatic rings. The lowest BCUT2D eigenvalue weighted by Gasteiger charge is -1.83. The van der Waals surface area contributed by atoms with Crippen molar-refractivity contribution in [1.29, 1.82) is 0 Å². The van der Waals surface area contributed by atoms with Crippen LogP contribution in [0.1, 0.15) is 5.56 Å². The Balaban J connectivity index is 2.66. The molecule has 0 aliphatic carbocycles. The molecule has 0 atom stereocenters. The zero-order valence-electron chi connectivity index (χ0n) is 4.86. The van der Waals surface area contributed by atoms with Crippen LogP contribution in [0.25, 0.3) is 12.3 Å². The van der Waals surface area contributed by atoms with E-state index in [1.54, 1.807) is 4.68 Å². The third kappa shape index (κ3) is 0.682. The molecular weight excluding hydrogens is 112 g/mol. The van der Waals surface area contributed by atoms with Crippen molar-refractivity contribution in [3.05, 3.63) is 30.1 Å². The molecule has 0 fully saturated rings. The van der Waals surface area contributed by atoms with Crippen molar-refractivity contribution in [2.45, 2.75) is 0 Å². The van der Waals surface area contributed by atoms with Crippen LogP contribution in [0, 0.1) is 0 Å². The second-order valence-electron chi connectivity index (χ2n) is 1.95. The lowest BCUT2D eigenvalue weighted by molar-refractivity contribution is 0.935. The van der Waals surface area contributed by atoms with Gasteiger partial charge in [-0.3, -0.25) is 0 Å². The van der Waals surface area contributed by atoms with Crippen molar-refractivity contribution in [2.75, 3.05) is 0 Å². The highest BCUT2D eigenvalue weighted by molar-refractivity contribution is 5.53. The van der Waals surface area contributed by atoms with Gasteiger partial charge < -0.3 is 0 Å². The van der Waals surface area contributed by atoms with E-state index < -0.39 is 0 Å². The monoisotopic (exact) mass is 118 g/mol. The lowest BCUT2D eigenvalue weighted by atomic mass is 10.3. The van der Waals surface area contributed by atoms with Crippen molar-refractivity contribution in [2.24, 2.45) is 0 Å². The minimum absolute atomic E-state index is 1.15. The minimum Gasteiger partial charge on any atom is -0.248 e. The maximum absolute atomic E-state index is 4.04. The van der Waals surface area contributed by atoms with Crippen LogP contribution in [0.2, 0.25) is 0 Å².